The van der Waals surface area contributed by atoms with E-state index in [1.165, 1.54) is 12.1 Å². The second-order valence-corrected chi connectivity index (χ2v) is 7.83. The summed E-state index contributed by atoms with van der Waals surface area (Å²) >= 11 is 0. The van der Waals surface area contributed by atoms with E-state index in [1.807, 2.05) is 0 Å². The largest absolute Gasteiger partial charge is 0.317 e. The van der Waals surface area contributed by atoms with Gasteiger partial charge in [0.05, 0.1) is 9.82 Å². The van der Waals surface area contributed by atoms with E-state index in [1.54, 1.807) is 6.92 Å². The minimum atomic E-state index is -3.76. The molecule has 8 heteroatoms. The van der Waals surface area contributed by atoms with Crippen molar-refractivity contribution in [2.45, 2.75) is 31.6 Å². The summed E-state index contributed by atoms with van der Waals surface area (Å²) in [6.45, 7) is 5.75. The summed E-state index contributed by atoms with van der Waals surface area (Å²) in [5, 5.41) is 14.1. The monoisotopic (exact) mass is 327 g/mol. The molecule has 2 rings (SSSR count). The number of nitrogens with one attached hydrogen (secondary N) is 2. The van der Waals surface area contributed by atoms with Crippen molar-refractivity contribution in [3.63, 3.8) is 0 Å². The Kier molecular flexibility index (Phi) is 4.84. The smallest absolute Gasteiger partial charge is 0.270 e. The lowest BCUT2D eigenvalue weighted by Gasteiger charge is -2.34. The zero-order chi connectivity index (χ0) is 16.4. The van der Waals surface area contributed by atoms with Gasteiger partial charge in [0.15, 0.2) is 0 Å². The van der Waals surface area contributed by atoms with Crippen LogP contribution in [0.4, 0.5) is 5.69 Å². The summed E-state index contributed by atoms with van der Waals surface area (Å²) in [5.41, 5.74) is 0.181. The second kappa shape index (κ2) is 6.31. The number of hydrogen-bond donors (Lipinski definition) is 2. The number of nitro groups is 1. The quantitative estimate of drug-likeness (QED) is 0.631. The third-order valence-electron chi connectivity index (χ3n) is 4.17. The van der Waals surface area contributed by atoms with Crippen LogP contribution in [0.15, 0.2) is 23.1 Å². The summed E-state index contributed by atoms with van der Waals surface area (Å²) in [6.07, 6.45) is 1.78. The van der Waals surface area contributed by atoms with Gasteiger partial charge in [-0.3, -0.25) is 10.1 Å². The Bertz CT molecular complexity index is 667. The number of benzene rings is 1. The number of rotatable bonds is 5. The van der Waals surface area contributed by atoms with Gasteiger partial charge in [-0.25, -0.2) is 13.1 Å². The van der Waals surface area contributed by atoms with E-state index in [9.17, 15) is 18.5 Å². The molecule has 0 radical (unpaired) electrons. The Morgan fingerprint density at radius 1 is 1.36 bits per heavy atom. The summed E-state index contributed by atoms with van der Waals surface area (Å²) in [4.78, 5) is 10.2. The zero-order valence-corrected chi connectivity index (χ0v) is 13.6. The second-order valence-electron chi connectivity index (χ2n) is 6.09. The first-order valence-corrected chi connectivity index (χ1v) is 8.67. The average molecular weight is 327 g/mol. The standard InChI is InChI=1S/C14H21N3O4S/c1-11-3-4-12(17(18)19)9-13(11)22(20,21)16-10-14(2)5-7-15-8-6-14/h3-4,9,15-16H,5-8,10H2,1-2H3. The highest BCUT2D eigenvalue weighted by Gasteiger charge is 2.29. The lowest BCUT2D eigenvalue weighted by atomic mass is 9.81. The molecule has 1 fully saturated rings. The van der Waals surface area contributed by atoms with Gasteiger partial charge >= 0.3 is 0 Å². The maximum atomic E-state index is 12.5. The van der Waals surface area contributed by atoms with Crippen molar-refractivity contribution >= 4 is 15.7 Å². The van der Waals surface area contributed by atoms with Gasteiger partial charge in [0, 0.05) is 18.7 Å². The normalized spacial score (nSPS) is 18.1. The molecule has 0 saturated carbocycles. The highest BCUT2D eigenvalue weighted by atomic mass is 32.2. The molecule has 1 heterocycles. The molecule has 0 unspecified atom stereocenters. The minimum Gasteiger partial charge on any atom is -0.317 e. The molecular formula is C14H21N3O4S. The predicted octanol–water partition coefficient (Wildman–Crippen LogP) is 1.57. The van der Waals surface area contributed by atoms with Crippen LogP contribution in [-0.4, -0.2) is 33.0 Å². The molecule has 1 aliphatic heterocycles. The van der Waals surface area contributed by atoms with Crippen LogP contribution in [0, 0.1) is 22.5 Å². The lowest BCUT2D eigenvalue weighted by molar-refractivity contribution is -0.385. The molecule has 1 saturated heterocycles. The van der Waals surface area contributed by atoms with Gasteiger partial charge in [-0.15, -0.1) is 0 Å². The highest BCUT2D eigenvalue weighted by Crippen LogP contribution is 2.28. The van der Waals surface area contributed by atoms with Crippen molar-refractivity contribution in [2.75, 3.05) is 19.6 Å². The van der Waals surface area contributed by atoms with Crippen LogP contribution in [-0.2, 0) is 10.0 Å². The Morgan fingerprint density at radius 2 is 2.00 bits per heavy atom. The molecular weight excluding hydrogens is 306 g/mol. The van der Waals surface area contributed by atoms with Crippen LogP contribution in [0.5, 0.6) is 0 Å². The van der Waals surface area contributed by atoms with Crippen molar-refractivity contribution in [2.24, 2.45) is 5.41 Å². The maximum absolute atomic E-state index is 12.5. The third-order valence-corrected chi connectivity index (χ3v) is 5.71. The van der Waals surface area contributed by atoms with E-state index >= 15 is 0 Å². The molecule has 0 spiro atoms. The molecule has 7 nitrogen and oxygen atoms in total. The Hall–Kier alpha value is -1.51. The van der Waals surface area contributed by atoms with Crippen LogP contribution in [0.25, 0.3) is 0 Å². The SMILES string of the molecule is Cc1ccc([N+](=O)[O-])cc1S(=O)(=O)NCC1(C)CCNCC1. The van der Waals surface area contributed by atoms with Crippen molar-refractivity contribution in [3.05, 3.63) is 33.9 Å². The van der Waals surface area contributed by atoms with Gasteiger partial charge in [0.25, 0.3) is 5.69 Å². The summed E-state index contributed by atoms with van der Waals surface area (Å²) in [7, 11) is -3.76. The van der Waals surface area contributed by atoms with Gasteiger partial charge in [-0.1, -0.05) is 13.0 Å². The first-order chi connectivity index (χ1) is 10.2. The van der Waals surface area contributed by atoms with E-state index in [2.05, 4.69) is 17.0 Å². The average Bonchev–Trinajstić information content (AvgIpc) is 2.46. The fourth-order valence-corrected chi connectivity index (χ4v) is 4.01. The van der Waals surface area contributed by atoms with Gasteiger partial charge in [0.1, 0.15) is 0 Å². The number of piperidine rings is 1. The Labute approximate surface area is 130 Å². The van der Waals surface area contributed by atoms with Crippen LogP contribution < -0.4 is 10.0 Å². The van der Waals surface area contributed by atoms with Crippen molar-refractivity contribution < 1.29 is 13.3 Å². The third kappa shape index (κ3) is 3.82. The van der Waals surface area contributed by atoms with Crippen molar-refractivity contribution in [1.29, 1.82) is 0 Å². The molecule has 0 aliphatic carbocycles. The minimum absolute atomic E-state index is 0.0285. The first-order valence-electron chi connectivity index (χ1n) is 7.19. The van der Waals surface area contributed by atoms with E-state index in [0.717, 1.165) is 32.0 Å². The van der Waals surface area contributed by atoms with Crippen LogP contribution >= 0.6 is 0 Å². The highest BCUT2D eigenvalue weighted by molar-refractivity contribution is 7.89. The van der Waals surface area contributed by atoms with Crippen LogP contribution in [0.1, 0.15) is 25.3 Å². The predicted molar refractivity (Wildman–Crippen MR) is 83.2 cm³/mol. The Balaban J connectivity index is 2.19. The molecule has 22 heavy (non-hydrogen) atoms. The Morgan fingerprint density at radius 3 is 2.59 bits per heavy atom. The van der Waals surface area contributed by atoms with Gasteiger partial charge in [-0.2, -0.15) is 0 Å². The number of aryl methyl sites for hydroxylation is 1. The molecule has 2 N–H and O–H groups in total. The fraction of sp³-hybridized carbons (Fsp3) is 0.571. The number of hydrogen-bond acceptors (Lipinski definition) is 5. The van der Waals surface area contributed by atoms with Gasteiger partial charge in [0.2, 0.25) is 10.0 Å². The van der Waals surface area contributed by atoms with Crippen molar-refractivity contribution in [3.8, 4) is 0 Å². The van der Waals surface area contributed by atoms with E-state index in [4.69, 9.17) is 0 Å². The number of non-ortho nitro benzene ring substituents is 1. The molecule has 0 amide bonds. The number of nitrogens with zero attached hydrogens (tertiary/aromatic N) is 1. The first kappa shape index (κ1) is 16.9. The van der Waals surface area contributed by atoms with Crippen LogP contribution in [0.2, 0.25) is 0 Å². The van der Waals surface area contributed by atoms with E-state index in [0.29, 0.717) is 12.1 Å². The summed E-state index contributed by atoms with van der Waals surface area (Å²) < 4.78 is 27.5. The molecule has 1 aromatic rings. The lowest BCUT2D eigenvalue weighted by Crippen LogP contribution is -2.42. The van der Waals surface area contributed by atoms with Crippen LogP contribution in [0.3, 0.4) is 0 Å². The summed E-state index contributed by atoms with van der Waals surface area (Å²) in [6, 6.07) is 3.88. The van der Waals surface area contributed by atoms with Gasteiger partial charge in [-0.05, 0) is 43.8 Å². The molecule has 0 bridgehead atoms. The molecule has 122 valence electrons. The number of nitro benzene ring substituents is 1. The molecule has 0 aromatic heterocycles. The van der Waals surface area contributed by atoms with Crippen molar-refractivity contribution in [1.82, 2.24) is 10.0 Å². The number of sulfonamides is 1. The van der Waals surface area contributed by atoms with E-state index < -0.39 is 14.9 Å². The topological polar surface area (TPSA) is 101 Å². The van der Waals surface area contributed by atoms with Gasteiger partial charge < -0.3 is 5.32 Å². The summed E-state index contributed by atoms with van der Waals surface area (Å²) in [5.74, 6) is 0. The maximum Gasteiger partial charge on any atom is 0.270 e. The fourth-order valence-electron chi connectivity index (χ4n) is 2.55. The molecule has 1 aliphatic rings. The molecule has 0 atom stereocenters. The zero-order valence-electron chi connectivity index (χ0n) is 12.8. The molecule has 1 aromatic carbocycles. The van der Waals surface area contributed by atoms with E-state index in [-0.39, 0.29) is 16.0 Å².